The number of likely N-dealkylation sites (N-methyl/N-ethyl adjacent to an activating group) is 1. The van der Waals surface area contributed by atoms with E-state index in [-0.39, 0.29) is 12.7 Å². The summed E-state index contributed by atoms with van der Waals surface area (Å²) in [5.41, 5.74) is 1.28. The fourth-order valence-electron chi connectivity index (χ4n) is 2.55. The number of nitrogens with zero attached hydrogens (tertiary/aromatic N) is 1. The topological polar surface area (TPSA) is 32.7 Å². The van der Waals surface area contributed by atoms with E-state index in [4.69, 9.17) is 9.84 Å². The van der Waals surface area contributed by atoms with Gasteiger partial charge in [-0.1, -0.05) is 25.1 Å². The number of fused-ring (bicyclic) bond motifs is 1. The molecule has 0 spiro atoms. The first kappa shape index (κ1) is 12.4. The molecule has 94 valence electrons. The van der Waals surface area contributed by atoms with E-state index in [1.165, 1.54) is 5.56 Å². The van der Waals surface area contributed by atoms with Crippen molar-refractivity contribution in [1.29, 1.82) is 0 Å². The van der Waals surface area contributed by atoms with E-state index < -0.39 is 0 Å². The molecule has 3 nitrogen and oxygen atoms in total. The molecule has 3 heteroatoms. The van der Waals surface area contributed by atoms with Gasteiger partial charge in [0.25, 0.3) is 0 Å². The van der Waals surface area contributed by atoms with Crippen molar-refractivity contribution in [1.82, 2.24) is 4.90 Å². The minimum Gasteiger partial charge on any atom is -0.488 e. The molecule has 0 fully saturated rings. The molecule has 1 aromatic rings. The SMILES string of the molecule is CCC1Oc2ccccc2C1N(C)CCCO. The van der Waals surface area contributed by atoms with E-state index in [1.807, 2.05) is 12.1 Å². The van der Waals surface area contributed by atoms with Crippen LogP contribution >= 0.6 is 0 Å². The number of benzene rings is 1. The van der Waals surface area contributed by atoms with Crippen molar-refractivity contribution in [2.24, 2.45) is 0 Å². The van der Waals surface area contributed by atoms with Crippen LogP contribution in [0.4, 0.5) is 0 Å². The predicted molar refractivity (Wildman–Crippen MR) is 68.2 cm³/mol. The normalized spacial score (nSPS) is 22.6. The third-order valence-corrected chi connectivity index (χ3v) is 3.41. The van der Waals surface area contributed by atoms with E-state index in [0.717, 1.165) is 25.1 Å². The zero-order valence-electron chi connectivity index (χ0n) is 10.6. The standard InChI is InChI=1S/C14H21NO2/c1-3-12-14(15(2)9-6-10-16)11-7-4-5-8-13(11)17-12/h4-5,7-8,12,14,16H,3,6,9-10H2,1-2H3. The van der Waals surface area contributed by atoms with Crippen LogP contribution in [0.2, 0.25) is 0 Å². The summed E-state index contributed by atoms with van der Waals surface area (Å²) in [6, 6.07) is 8.58. The average Bonchev–Trinajstić information content (AvgIpc) is 2.74. The fraction of sp³-hybridized carbons (Fsp3) is 0.571. The first-order valence-electron chi connectivity index (χ1n) is 6.34. The highest BCUT2D eigenvalue weighted by Gasteiger charge is 2.35. The maximum absolute atomic E-state index is 8.92. The molecule has 1 N–H and O–H groups in total. The maximum atomic E-state index is 8.92. The van der Waals surface area contributed by atoms with Crippen LogP contribution < -0.4 is 4.74 Å². The van der Waals surface area contributed by atoms with Gasteiger partial charge in [0.2, 0.25) is 0 Å². The zero-order chi connectivity index (χ0) is 12.3. The van der Waals surface area contributed by atoms with Gasteiger partial charge in [0.05, 0.1) is 6.04 Å². The Labute approximate surface area is 103 Å². The van der Waals surface area contributed by atoms with Gasteiger partial charge in [0.15, 0.2) is 0 Å². The number of para-hydroxylation sites is 1. The molecule has 0 aliphatic carbocycles. The lowest BCUT2D eigenvalue weighted by atomic mass is 10.0. The second kappa shape index (κ2) is 5.52. The summed E-state index contributed by atoms with van der Waals surface area (Å²) in [5.74, 6) is 1.01. The van der Waals surface area contributed by atoms with E-state index >= 15 is 0 Å². The molecule has 0 aromatic heterocycles. The van der Waals surface area contributed by atoms with Crippen LogP contribution in [-0.2, 0) is 0 Å². The van der Waals surface area contributed by atoms with Crippen LogP contribution in [0.5, 0.6) is 5.75 Å². The van der Waals surface area contributed by atoms with Crippen LogP contribution in [0, 0.1) is 0 Å². The molecule has 2 atom stereocenters. The van der Waals surface area contributed by atoms with Crippen molar-refractivity contribution in [2.75, 3.05) is 20.2 Å². The molecule has 0 saturated heterocycles. The minimum atomic E-state index is 0.232. The van der Waals surface area contributed by atoms with Crippen LogP contribution in [-0.4, -0.2) is 36.3 Å². The molecule has 0 saturated carbocycles. The van der Waals surface area contributed by atoms with Crippen LogP contribution in [0.25, 0.3) is 0 Å². The van der Waals surface area contributed by atoms with Crippen molar-refractivity contribution in [3.63, 3.8) is 0 Å². The lowest BCUT2D eigenvalue weighted by Crippen LogP contribution is -2.33. The molecule has 1 heterocycles. The molecule has 1 aromatic carbocycles. The van der Waals surface area contributed by atoms with E-state index in [0.29, 0.717) is 6.04 Å². The predicted octanol–water partition coefficient (Wildman–Crippen LogP) is 2.21. The molecule has 0 radical (unpaired) electrons. The zero-order valence-corrected chi connectivity index (χ0v) is 10.6. The lowest BCUT2D eigenvalue weighted by Gasteiger charge is -2.28. The van der Waals surface area contributed by atoms with Crippen molar-refractivity contribution in [3.05, 3.63) is 29.8 Å². The number of aliphatic hydroxyl groups is 1. The number of hydrogen-bond acceptors (Lipinski definition) is 3. The third-order valence-electron chi connectivity index (χ3n) is 3.41. The molecule has 1 aliphatic rings. The molecule has 0 bridgehead atoms. The summed E-state index contributed by atoms with van der Waals surface area (Å²) in [5, 5.41) is 8.92. The lowest BCUT2D eigenvalue weighted by molar-refractivity contribution is 0.106. The van der Waals surface area contributed by atoms with Gasteiger partial charge >= 0.3 is 0 Å². The highest BCUT2D eigenvalue weighted by Crippen LogP contribution is 2.40. The summed E-state index contributed by atoms with van der Waals surface area (Å²) >= 11 is 0. The quantitative estimate of drug-likeness (QED) is 0.849. The maximum Gasteiger partial charge on any atom is 0.124 e. The summed E-state index contributed by atoms with van der Waals surface area (Å²) in [6.07, 6.45) is 2.05. The molecule has 2 rings (SSSR count). The van der Waals surface area contributed by atoms with E-state index in [2.05, 4.69) is 31.0 Å². The molecule has 0 amide bonds. The Hall–Kier alpha value is -1.06. The van der Waals surface area contributed by atoms with E-state index in [1.54, 1.807) is 0 Å². The number of hydrogen-bond donors (Lipinski definition) is 1. The summed E-state index contributed by atoms with van der Waals surface area (Å²) in [4.78, 5) is 2.29. The highest BCUT2D eigenvalue weighted by molar-refractivity contribution is 5.40. The van der Waals surface area contributed by atoms with Crippen molar-refractivity contribution >= 4 is 0 Å². The van der Waals surface area contributed by atoms with Gasteiger partial charge in [-0.15, -0.1) is 0 Å². The molecule has 2 unspecified atom stereocenters. The largest absolute Gasteiger partial charge is 0.488 e. The van der Waals surface area contributed by atoms with Crippen molar-refractivity contribution in [2.45, 2.75) is 31.9 Å². The van der Waals surface area contributed by atoms with Gasteiger partial charge in [-0.3, -0.25) is 4.90 Å². The van der Waals surface area contributed by atoms with Crippen molar-refractivity contribution < 1.29 is 9.84 Å². The Morgan fingerprint density at radius 3 is 2.82 bits per heavy atom. The second-order valence-corrected chi connectivity index (χ2v) is 4.60. The van der Waals surface area contributed by atoms with Crippen molar-refractivity contribution in [3.8, 4) is 5.75 Å². The fourth-order valence-corrected chi connectivity index (χ4v) is 2.55. The van der Waals surface area contributed by atoms with Crippen LogP contribution in [0.15, 0.2) is 24.3 Å². The van der Waals surface area contributed by atoms with Gasteiger partial charge in [-0.25, -0.2) is 0 Å². The Morgan fingerprint density at radius 1 is 1.35 bits per heavy atom. The molecule has 1 aliphatic heterocycles. The van der Waals surface area contributed by atoms with E-state index in [9.17, 15) is 0 Å². The number of ether oxygens (including phenoxy) is 1. The van der Waals surface area contributed by atoms with Gasteiger partial charge < -0.3 is 9.84 Å². The highest BCUT2D eigenvalue weighted by atomic mass is 16.5. The third kappa shape index (κ3) is 2.45. The molecular formula is C14H21NO2. The summed E-state index contributed by atoms with van der Waals surface area (Å²) < 4.78 is 5.97. The average molecular weight is 235 g/mol. The smallest absolute Gasteiger partial charge is 0.124 e. The molecular weight excluding hydrogens is 214 g/mol. The monoisotopic (exact) mass is 235 g/mol. The van der Waals surface area contributed by atoms with Crippen LogP contribution in [0.3, 0.4) is 0 Å². The number of aliphatic hydroxyl groups excluding tert-OH is 1. The minimum absolute atomic E-state index is 0.232. The van der Waals surface area contributed by atoms with Gasteiger partial charge in [-0.2, -0.15) is 0 Å². The van der Waals surface area contributed by atoms with Gasteiger partial charge in [-0.05, 0) is 26.0 Å². The Kier molecular flexibility index (Phi) is 4.02. The first-order chi connectivity index (χ1) is 8.27. The summed E-state index contributed by atoms with van der Waals surface area (Å²) in [7, 11) is 2.11. The Morgan fingerprint density at radius 2 is 2.12 bits per heavy atom. The number of rotatable bonds is 5. The first-order valence-corrected chi connectivity index (χ1v) is 6.34. The van der Waals surface area contributed by atoms with Crippen LogP contribution in [0.1, 0.15) is 31.4 Å². The molecule has 17 heavy (non-hydrogen) atoms. The Balaban J connectivity index is 2.18. The van der Waals surface area contributed by atoms with Gasteiger partial charge in [0, 0.05) is 18.7 Å². The van der Waals surface area contributed by atoms with Gasteiger partial charge in [0.1, 0.15) is 11.9 Å². The second-order valence-electron chi connectivity index (χ2n) is 4.60. The Bertz CT molecular complexity index is 367. The summed E-state index contributed by atoms with van der Waals surface area (Å²) in [6.45, 7) is 3.30.